The number of nitrogens with one attached hydrogen (secondary N) is 1. The van der Waals surface area contributed by atoms with Gasteiger partial charge < -0.3 is 10.1 Å². The number of hydrogen-bond acceptors (Lipinski definition) is 4. The third kappa shape index (κ3) is 4.05. The van der Waals surface area contributed by atoms with Gasteiger partial charge >= 0.3 is 0 Å². The van der Waals surface area contributed by atoms with Gasteiger partial charge in [-0.25, -0.2) is 8.42 Å². The van der Waals surface area contributed by atoms with Gasteiger partial charge in [-0.05, 0) is 49.2 Å². The van der Waals surface area contributed by atoms with Crippen molar-refractivity contribution >= 4 is 21.6 Å². The van der Waals surface area contributed by atoms with Gasteiger partial charge in [0.25, 0.3) is 0 Å². The molecule has 1 heterocycles. The molecule has 1 saturated heterocycles. The first-order chi connectivity index (χ1) is 12.5. The van der Waals surface area contributed by atoms with Crippen molar-refractivity contribution in [2.75, 3.05) is 25.5 Å². The second kappa shape index (κ2) is 7.88. The van der Waals surface area contributed by atoms with Crippen molar-refractivity contribution < 1.29 is 17.9 Å². The van der Waals surface area contributed by atoms with Crippen molar-refractivity contribution in [2.45, 2.75) is 17.7 Å². The van der Waals surface area contributed by atoms with Crippen molar-refractivity contribution in [3.63, 3.8) is 0 Å². The summed E-state index contributed by atoms with van der Waals surface area (Å²) in [5.41, 5.74) is 0.715. The number of carbonyl (C=O) groups excluding carboxylic acids is 1. The van der Waals surface area contributed by atoms with Crippen LogP contribution in [-0.2, 0) is 14.8 Å². The van der Waals surface area contributed by atoms with Gasteiger partial charge in [0.15, 0.2) is 0 Å². The Morgan fingerprint density at radius 3 is 2.46 bits per heavy atom. The summed E-state index contributed by atoms with van der Waals surface area (Å²) in [7, 11) is -2.10. The van der Waals surface area contributed by atoms with E-state index < -0.39 is 10.0 Å². The van der Waals surface area contributed by atoms with E-state index in [1.807, 2.05) is 30.3 Å². The van der Waals surface area contributed by atoms with Crippen LogP contribution in [0.15, 0.2) is 59.5 Å². The molecule has 0 bridgehead atoms. The minimum absolute atomic E-state index is 0.147. The molecule has 2 aromatic rings. The van der Waals surface area contributed by atoms with Crippen LogP contribution in [0.1, 0.15) is 12.8 Å². The third-order valence-corrected chi connectivity index (χ3v) is 6.37. The Bertz CT molecular complexity index is 851. The van der Waals surface area contributed by atoms with Crippen LogP contribution in [0.25, 0.3) is 0 Å². The smallest absolute Gasteiger partial charge is 0.243 e. The van der Waals surface area contributed by atoms with Crippen LogP contribution < -0.4 is 10.1 Å². The number of nitrogens with zero attached hydrogens (tertiary/aromatic N) is 1. The van der Waals surface area contributed by atoms with Crippen molar-refractivity contribution in [3.05, 3.63) is 54.6 Å². The van der Waals surface area contributed by atoms with E-state index in [0.717, 1.165) is 0 Å². The van der Waals surface area contributed by atoms with Crippen LogP contribution in [0.2, 0.25) is 0 Å². The fourth-order valence-corrected chi connectivity index (χ4v) is 4.56. The topological polar surface area (TPSA) is 75.7 Å². The highest BCUT2D eigenvalue weighted by Crippen LogP contribution is 2.26. The number of sulfonamides is 1. The summed E-state index contributed by atoms with van der Waals surface area (Å²) in [6, 6.07) is 15.5. The van der Waals surface area contributed by atoms with Gasteiger partial charge in [-0.15, -0.1) is 0 Å². The number of rotatable bonds is 5. The number of para-hydroxylation sites is 1. The molecule has 1 aliphatic rings. The predicted molar refractivity (Wildman–Crippen MR) is 99.5 cm³/mol. The van der Waals surface area contributed by atoms with E-state index in [1.165, 1.54) is 23.5 Å². The largest absolute Gasteiger partial charge is 0.497 e. The minimum atomic E-state index is -3.63. The molecule has 1 amide bonds. The van der Waals surface area contributed by atoms with Crippen molar-refractivity contribution in [1.82, 2.24) is 4.31 Å². The molecule has 138 valence electrons. The summed E-state index contributed by atoms with van der Waals surface area (Å²) >= 11 is 0. The first-order valence-corrected chi connectivity index (χ1v) is 9.95. The molecule has 0 radical (unpaired) electrons. The lowest BCUT2D eigenvalue weighted by Crippen LogP contribution is -2.43. The molecule has 2 aromatic carbocycles. The second-order valence-electron chi connectivity index (χ2n) is 6.23. The lowest BCUT2D eigenvalue weighted by Gasteiger charge is -2.31. The van der Waals surface area contributed by atoms with Crippen LogP contribution in [0, 0.1) is 5.92 Å². The molecule has 1 fully saturated rings. The van der Waals surface area contributed by atoms with Crippen LogP contribution in [0.4, 0.5) is 5.69 Å². The number of carbonyl (C=O) groups is 1. The molecule has 0 saturated carbocycles. The minimum Gasteiger partial charge on any atom is -0.497 e. The number of amides is 1. The number of ether oxygens (including phenoxy) is 1. The number of methoxy groups -OCH3 is 1. The van der Waals surface area contributed by atoms with E-state index in [9.17, 15) is 13.2 Å². The van der Waals surface area contributed by atoms with Gasteiger partial charge in [0.05, 0.1) is 17.9 Å². The predicted octanol–water partition coefficient (Wildman–Crippen LogP) is 2.73. The average Bonchev–Trinajstić information content (AvgIpc) is 2.69. The summed E-state index contributed by atoms with van der Waals surface area (Å²) in [6.07, 6.45) is 1.33. The maximum absolute atomic E-state index is 12.9. The summed E-state index contributed by atoms with van der Waals surface area (Å²) in [6.45, 7) is 0.608. The van der Waals surface area contributed by atoms with Crippen LogP contribution in [0.3, 0.4) is 0 Å². The monoisotopic (exact) mass is 374 g/mol. The number of piperidine rings is 1. The summed E-state index contributed by atoms with van der Waals surface area (Å²) in [5, 5.41) is 2.86. The molecule has 1 unspecified atom stereocenters. The molecule has 1 N–H and O–H groups in total. The number of hydrogen-bond donors (Lipinski definition) is 1. The van der Waals surface area contributed by atoms with Gasteiger partial charge in [0.1, 0.15) is 5.75 Å². The van der Waals surface area contributed by atoms with Gasteiger partial charge in [-0.2, -0.15) is 4.31 Å². The molecule has 0 aromatic heterocycles. The highest BCUT2D eigenvalue weighted by Gasteiger charge is 2.33. The number of benzene rings is 2. The SMILES string of the molecule is COc1ccc(S(=O)(=O)N2CCCC(C(=O)Nc3ccccc3)C2)cc1. The Labute approximate surface area is 153 Å². The average molecular weight is 374 g/mol. The standard InChI is InChI=1S/C19H22N2O4S/c1-25-17-9-11-18(12-10-17)26(23,24)21-13-5-6-15(14-21)19(22)20-16-7-3-2-4-8-16/h2-4,7-12,15H,5-6,13-14H2,1H3,(H,20,22). The first kappa shape index (κ1) is 18.4. The molecular formula is C19H22N2O4S. The highest BCUT2D eigenvalue weighted by molar-refractivity contribution is 7.89. The molecule has 7 heteroatoms. The van der Waals surface area contributed by atoms with Crippen LogP contribution >= 0.6 is 0 Å². The van der Waals surface area contributed by atoms with Crippen molar-refractivity contribution in [2.24, 2.45) is 5.92 Å². The molecule has 6 nitrogen and oxygen atoms in total. The normalized spacial score (nSPS) is 18.3. The summed E-state index contributed by atoms with van der Waals surface area (Å²) in [5.74, 6) is 0.0884. The van der Waals surface area contributed by atoms with Gasteiger partial charge in [-0.3, -0.25) is 4.79 Å². The third-order valence-electron chi connectivity index (χ3n) is 4.49. The molecule has 26 heavy (non-hydrogen) atoms. The van der Waals surface area contributed by atoms with Gasteiger partial charge in [-0.1, -0.05) is 18.2 Å². The molecule has 1 atom stereocenters. The maximum Gasteiger partial charge on any atom is 0.243 e. The maximum atomic E-state index is 12.9. The van der Waals surface area contributed by atoms with Crippen molar-refractivity contribution in [1.29, 1.82) is 0 Å². The Hall–Kier alpha value is -2.38. The Morgan fingerprint density at radius 1 is 1.12 bits per heavy atom. The zero-order valence-electron chi connectivity index (χ0n) is 14.6. The summed E-state index contributed by atoms with van der Waals surface area (Å²) in [4.78, 5) is 12.7. The quantitative estimate of drug-likeness (QED) is 0.873. The zero-order chi connectivity index (χ0) is 18.6. The van der Waals surface area contributed by atoms with E-state index in [0.29, 0.717) is 30.8 Å². The van der Waals surface area contributed by atoms with E-state index in [2.05, 4.69) is 5.32 Å². The van der Waals surface area contributed by atoms with Crippen LogP contribution in [-0.4, -0.2) is 38.8 Å². The van der Waals surface area contributed by atoms with Crippen LogP contribution in [0.5, 0.6) is 5.75 Å². The van der Waals surface area contributed by atoms with E-state index in [1.54, 1.807) is 12.1 Å². The van der Waals surface area contributed by atoms with Gasteiger partial charge in [0.2, 0.25) is 15.9 Å². The zero-order valence-corrected chi connectivity index (χ0v) is 15.4. The fraction of sp³-hybridized carbons (Fsp3) is 0.316. The lowest BCUT2D eigenvalue weighted by molar-refractivity contribution is -0.120. The fourth-order valence-electron chi connectivity index (χ4n) is 3.04. The Kier molecular flexibility index (Phi) is 5.58. The van der Waals surface area contributed by atoms with E-state index >= 15 is 0 Å². The van der Waals surface area contributed by atoms with E-state index in [-0.39, 0.29) is 23.3 Å². The molecule has 1 aliphatic heterocycles. The summed E-state index contributed by atoms with van der Waals surface area (Å²) < 4.78 is 32.2. The Balaban J connectivity index is 1.71. The molecule has 0 spiro atoms. The molecule has 0 aliphatic carbocycles. The highest BCUT2D eigenvalue weighted by atomic mass is 32.2. The first-order valence-electron chi connectivity index (χ1n) is 8.51. The number of anilines is 1. The second-order valence-corrected chi connectivity index (χ2v) is 8.17. The lowest BCUT2D eigenvalue weighted by atomic mass is 9.99. The molecule has 3 rings (SSSR count). The van der Waals surface area contributed by atoms with Crippen molar-refractivity contribution in [3.8, 4) is 5.75 Å². The molecular weight excluding hydrogens is 352 g/mol. The Morgan fingerprint density at radius 2 is 1.81 bits per heavy atom. The van der Waals surface area contributed by atoms with Gasteiger partial charge in [0, 0.05) is 18.8 Å². The van der Waals surface area contributed by atoms with E-state index in [4.69, 9.17) is 4.74 Å².